The molecule has 8 heteroatoms. The average Bonchev–Trinajstić information content (AvgIpc) is 2.49. The molecule has 1 fully saturated rings. The van der Waals surface area contributed by atoms with Gasteiger partial charge in [0.15, 0.2) is 0 Å². The van der Waals surface area contributed by atoms with Crippen LogP contribution in [0, 0.1) is 5.82 Å². The summed E-state index contributed by atoms with van der Waals surface area (Å²) in [5.74, 6) is -0.435. The first-order chi connectivity index (χ1) is 10.8. The molecule has 1 saturated heterocycles. The molecule has 1 heterocycles. The number of carbonyl (C=O) groups is 1. The molecule has 1 amide bonds. The third-order valence-electron chi connectivity index (χ3n) is 3.82. The first kappa shape index (κ1) is 17.8. The van der Waals surface area contributed by atoms with Gasteiger partial charge in [-0.15, -0.1) is 0 Å². The van der Waals surface area contributed by atoms with Crippen LogP contribution in [0.2, 0.25) is 0 Å². The standard InChI is InChI=1S/C15H22FN3O3S/c1-23(21,22)17-6-7-18-8-10-19(11-9-18)15(20)12-13-4-2-3-5-14(13)16/h2-5,17H,6-12H2,1H3. The Hall–Kier alpha value is -1.51. The fourth-order valence-electron chi connectivity index (χ4n) is 2.53. The minimum atomic E-state index is -3.16. The number of piperazine rings is 1. The molecule has 6 nitrogen and oxygen atoms in total. The van der Waals surface area contributed by atoms with Crippen LogP contribution in [-0.2, 0) is 21.2 Å². The van der Waals surface area contributed by atoms with Crippen molar-refractivity contribution < 1.29 is 17.6 Å². The smallest absolute Gasteiger partial charge is 0.227 e. The number of benzene rings is 1. The Bertz CT molecular complexity index is 643. The number of amides is 1. The van der Waals surface area contributed by atoms with E-state index in [-0.39, 0.29) is 18.1 Å². The third-order valence-corrected chi connectivity index (χ3v) is 4.55. The van der Waals surface area contributed by atoms with E-state index in [4.69, 9.17) is 0 Å². The van der Waals surface area contributed by atoms with Crippen molar-refractivity contribution in [3.63, 3.8) is 0 Å². The Morgan fingerprint density at radius 3 is 2.48 bits per heavy atom. The summed E-state index contributed by atoms with van der Waals surface area (Å²) in [5, 5.41) is 0. The molecule has 0 spiro atoms. The van der Waals surface area contributed by atoms with Gasteiger partial charge in [0.2, 0.25) is 15.9 Å². The number of nitrogens with one attached hydrogen (secondary N) is 1. The van der Waals surface area contributed by atoms with E-state index in [1.165, 1.54) is 6.07 Å². The Labute approximate surface area is 136 Å². The van der Waals surface area contributed by atoms with Gasteiger partial charge in [0.05, 0.1) is 12.7 Å². The highest BCUT2D eigenvalue weighted by atomic mass is 32.2. The molecule has 128 valence electrons. The molecular weight excluding hydrogens is 321 g/mol. The van der Waals surface area contributed by atoms with E-state index in [1.807, 2.05) is 0 Å². The van der Waals surface area contributed by atoms with Crippen LogP contribution < -0.4 is 4.72 Å². The van der Waals surface area contributed by atoms with Gasteiger partial charge in [-0.1, -0.05) is 18.2 Å². The Kier molecular flexibility index (Phi) is 6.09. The van der Waals surface area contributed by atoms with Gasteiger partial charge >= 0.3 is 0 Å². The quantitative estimate of drug-likeness (QED) is 0.793. The van der Waals surface area contributed by atoms with Crippen LogP contribution in [0.1, 0.15) is 5.56 Å². The molecule has 0 atom stereocenters. The van der Waals surface area contributed by atoms with Gasteiger partial charge in [0.25, 0.3) is 0 Å². The van der Waals surface area contributed by atoms with E-state index in [2.05, 4.69) is 9.62 Å². The van der Waals surface area contributed by atoms with E-state index >= 15 is 0 Å². The summed E-state index contributed by atoms with van der Waals surface area (Å²) >= 11 is 0. The van der Waals surface area contributed by atoms with Crippen molar-refractivity contribution in [3.8, 4) is 0 Å². The summed E-state index contributed by atoms with van der Waals surface area (Å²) in [7, 11) is -3.16. The van der Waals surface area contributed by atoms with E-state index < -0.39 is 10.0 Å². The second-order valence-corrected chi connectivity index (χ2v) is 7.49. The molecular formula is C15H22FN3O3S. The lowest BCUT2D eigenvalue weighted by atomic mass is 10.1. The van der Waals surface area contributed by atoms with Gasteiger partial charge in [0, 0.05) is 39.3 Å². The summed E-state index contributed by atoms with van der Waals surface area (Å²) in [6, 6.07) is 6.31. The molecule has 1 aromatic carbocycles. The molecule has 1 aliphatic rings. The molecule has 0 unspecified atom stereocenters. The average molecular weight is 343 g/mol. The molecule has 2 rings (SSSR count). The van der Waals surface area contributed by atoms with Crippen molar-refractivity contribution >= 4 is 15.9 Å². The normalized spacial score (nSPS) is 16.5. The van der Waals surface area contributed by atoms with Crippen LogP contribution in [0.4, 0.5) is 4.39 Å². The monoisotopic (exact) mass is 343 g/mol. The highest BCUT2D eigenvalue weighted by molar-refractivity contribution is 7.88. The van der Waals surface area contributed by atoms with Crippen LogP contribution in [0.3, 0.4) is 0 Å². The summed E-state index contributed by atoms with van der Waals surface area (Å²) in [4.78, 5) is 16.1. The number of carbonyl (C=O) groups excluding carboxylic acids is 1. The maximum Gasteiger partial charge on any atom is 0.227 e. The van der Waals surface area contributed by atoms with Crippen molar-refractivity contribution in [3.05, 3.63) is 35.6 Å². The molecule has 1 aliphatic heterocycles. The van der Waals surface area contributed by atoms with Crippen LogP contribution in [0.15, 0.2) is 24.3 Å². The summed E-state index contributed by atoms with van der Waals surface area (Å²) in [6.45, 7) is 3.51. The van der Waals surface area contributed by atoms with Crippen molar-refractivity contribution in [2.75, 3.05) is 45.5 Å². The number of halogens is 1. The highest BCUT2D eigenvalue weighted by Crippen LogP contribution is 2.10. The number of hydrogen-bond acceptors (Lipinski definition) is 4. The van der Waals surface area contributed by atoms with Crippen LogP contribution >= 0.6 is 0 Å². The lowest BCUT2D eigenvalue weighted by molar-refractivity contribution is -0.132. The van der Waals surface area contributed by atoms with Crippen LogP contribution in [0.5, 0.6) is 0 Å². The fraction of sp³-hybridized carbons (Fsp3) is 0.533. The first-order valence-electron chi connectivity index (χ1n) is 7.53. The van der Waals surface area contributed by atoms with Gasteiger partial charge in [-0.2, -0.15) is 0 Å². The summed E-state index contributed by atoms with van der Waals surface area (Å²) in [5.41, 5.74) is 0.414. The number of sulfonamides is 1. The van der Waals surface area contributed by atoms with Crippen molar-refractivity contribution in [1.82, 2.24) is 14.5 Å². The number of hydrogen-bond donors (Lipinski definition) is 1. The lowest BCUT2D eigenvalue weighted by Crippen LogP contribution is -2.50. The van der Waals surface area contributed by atoms with Crippen LogP contribution in [0.25, 0.3) is 0 Å². The zero-order valence-corrected chi connectivity index (χ0v) is 14.0. The van der Waals surface area contributed by atoms with Gasteiger partial charge in [-0.3, -0.25) is 9.69 Å². The maximum atomic E-state index is 13.6. The molecule has 1 aromatic rings. The summed E-state index contributed by atoms with van der Waals surface area (Å²) in [6.07, 6.45) is 1.20. The van der Waals surface area contributed by atoms with Crippen molar-refractivity contribution in [2.24, 2.45) is 0 Å². The minimum Gasteiger partial charge on any atom is -0.340 e. The van der Waals surface area contributed by atoms with Gasteiger partial charge in [-0.25, -0.2) is 17.5 Å². The van der Waals surface area contributed by atoms with Crippen molar-refractivity contribution in [2.45, 2.75) is 6.42 Å². The molecule has 0 aliphatic carbocycles. The fourth-order valence-corrected chi connectivity index (χ4v) is 2.99. The van der Waals surface area contributed by atoms with Gasteiger partial charge in [-0.05, 0) is 11.6 Å². The number of nitrogens with zero attached hydrogens (tertiary/aromatic N) is 2. The largest absolute Gasteiger partial charge is 0.340 e. The van der Waals surface area contributed by atoms with Gasteiger partial charge < -0.3 is 4.90 Å². The zero-order chi connectivity index (χ0) is 16.9. The SMILES string of the molecule is CS(=O)(=O)NCCN1CCN(C(=O)Cc2ccccc2F)CC1. The molecule has 0 aromatic heterocycles. The van der Waals surface area contributed by atoms with E-state index in [9.17, 15) is 17.6 Å². The van der Waals surface area contributed by atoms with E-state index in [0.29, 0.717) is 44.8 Å². The van der Waals surface area contributed by atoms with E-state index in [1.54, 1.807) is 23.1 Å². The predicted octanol–water partition coefficient (Wildman–Crippen LogP) is 0.0616. The first-order valence-corrected chi connectivity index (χ1v) is 9.42. The Morgan fingerprint density at radius 2 is 1.87 bits per heavy atom. The van der Waals surface area contributed by atoms with Crippen molar-refractivity contribution in [1.29, 1.82) is 0 Å². The molecule has 23 heavy (non-hydrogen) atoms. The second kappa shape index (κ2) is 7.85. The van der Waals surface area contributed by atoms with Gasteiger partial charge in [0.1, 0.15) is 5.82 Å². The second-order valence-electron chi connectivity index (χ2n) is 5.66. The Balaban J connectivity index is 1.76. The topological polar surface area (TPSA) is 69.7 Å². The molecule has 0 saturated carbocycles. The lowest BCUT2D eigenvalue weighted by Gasteiger charge is -2.34. The minimum absolute atomic E-state index is 0.0717. The maximum absolute atomic E-state index is 13.6. The molecule has 0 bridgehead atoms. The summed E-state index contributed by atoms with van der Waals surface area (Å²) < 4.78 is 38.0. The molecule has 1 N–H and O–H groups in total. The molecule has 0 radical (unpaired) electrons. The zero-order valence-electron chi connectivity index (χ0n) is 13.2. The highest BCUT2D eigenvalue weighted by Gasteiger charge is 2.21. The van der Waals surface area contributed by atoms with Crippen LogP contribution in [-0.4, -0.2) is 69.6 Å². The Morgan fingerprint density at radius 1 is 1.22 bits per heavy atom. The number of rotatable bonds is 6. The predicted molar refractivity (Wildman–Crippen MR) is 86.0 cm³/mol. The third kappa shape index (κ3) is 5.89. The van der Waals surface area contributed by atoms with E-state index in [0.717, 1.165) is 6.26 Å².